The summed E-state index contributed by atoms with van der Waals surface area (Å²) >= 11 is 0. The van der Waals surface area contributed by atoms with E-state index in [1.165, 1.54) is 24.3 Å². The molecule has 1 amide bonds. The molecule has 0 aliphatic rings. The van der Waals surface area contributed by atoms with Gasteiger partial charge in [0.15, 0.2) is 0 Å². The van der Waals surface area contributed by atoms with E-state index in [2.05, 4.69) is 5.32 Å². The molecule has 0 saturated heterocycles. The van der Waals surface area contributed by atoms with Crippen LogP contribution < -0.4 is 15.8 Å². The number of para-hydroxylation sites is 1. The number of rotatable bonds is 8. The molecule has 0 fully saturated rings. The van der Waals surface area contributed by atoms with Crippen molar-refractivity contribution in [3.8, 4) is 5.75 Å². The van der Waals surface area contributed by atoms with Crippen molar-refractivity contribution in [2.45, 2.75) is 18.9 Å². The fourth-order valence-corrected chi connectivity index (χ4v) is 2.11. The van der Waals surface area contributed by atoms with E-state index in [1.54, 1.807) is 6.07 Å². The first kappa shape index (κ1) is 17.7. The van der Waals surface area contributed by atoms with Gasteiger partial charge in [0.2, 0.25) is 5.91 Å². The van der Waals surface area contributed by atoms with Gasteiger partial charge in [-0.2, -0.15) is 0 Å². The molecule has 0 aliphatic carbocycles. The molecule has 4 N–H and O–H groups in total. The van der Waals surface area contributed by atoms with Crippen molar-refractivity contribution < 1.29 is 19.0 Å². The van der Waals surface area contributed by atoms with Crippen molar-refractivity contribution in [1.29, 1.82) is 0 Å². The molecule has 0 spiro atoms. The third-order valence-corrected chi connectivity index (χ3v) is 3.47. The largest absolute Gasteiger partial charge is 0.491 e. The van der Waals surface area contributed by atoms with Gasteiger partial charge in [-0.25, -0.2) is 4.39 Å². The first-order valence-corrected chi connectivity index (χ1v) is 7.71. The van der Waals surface area contributed by atoms with Gasteiger partial charge < -0.3 is 20.9 Å². The lowest BCUT2D eigenvalue weighted by Crippen LogP contribution is -2.35. The molecule has 5 nitrogen and oxygen atoms in total. The van der Waals surface area contributed by atoms with Crippen LogP contribution in [0.3, 0.4) is 0 Å². The van der Waals surface area contributed by atoms with Crippen molar-refractivity contribution in [1.82, 2.24) is 5.32 Å². The second-order valence-corrected chi connectivity index (χ2v) is 5.42. The maximum Gasteiger partial charge on any atom is 0.220 e. The molecule has 0 saturated carbocycles. The molecule has 0 heterocycles. The van der Waals surface area contributed by atoms with Crippen LogP contribution in [0.5, 0.6) is 5.75 Å². The van der Waals surface area contributed by atoms with E-state index in [0.29, 0.717) is 24.3 Å². The standard InChI is InChI=1S/C18H21FN2O3/c19-14-6-8-16(9-7-14)24-12-15(22)11-21-18(23)10-5-13-3-1-2-4-17(13)20/h1-4,6-9,15,22H,5,10-12,20H2,(H,21,23). The molecule has 0 aromatic heterocycles. The van der Waals surface area contributed by atoms with Gasteiger partial charge in [0, 0.05) is 18.7 Å². The Morgan fingerprint density at radius 3 is 2.62 bits per heavy atom. The fourth-order valence-electron chi connectivity index (χ4n) is 2.11. The number of anilines is 1. The maximum absolute atomic E-state index is 12.8. The number of aliphatic hydroxyl groups is 1. The third kappa shape index (κ3) is 5.89. The number of benzene rings is 2. The zero-order chi connectivity index (χ0) is 17.4. The van der Waals surface area contributed by atoms with E-state index >= 15 is 0 Å². The maximum atomic E-state index is 12.8. The average Bonchev–Trinajstić information content (AvgIpc) is 2.58. The van der Waals surface area contributed by atoms with Gasteiger partial charge in [0.05, 0.1) is 0 Å². The van der Waals surface area contributed by atoms with Crippen LogP contribution >= 0.6 is 0 Å². The Bertz CT molecular complexity index is 662. The summed E-state index contributed by atoms with van der Waals surface area (Å²) in [5.74, 6) is -0.0605. The van der Waals surface area contributed by atoms with Crippen molar-refractivity contribution >= 4 is 11.6 Å². The second-order valence-electron chi connectivity index (χ2n) is 5.42. The monoisotopic (exact) mass is 332 g/mol. The summed E-state index contributed by atoms with van der Waals surface area (Å²) in [7, 11) is 0. The fraction of sp³-hybridized carbons (Fsp3) is 0.278. The molecule has 6 heteroatoms. The highest BCUT2D eigenvalue weighted by atomic mass is 19.1. The van der Waals surface area contributed by atoms with Crippen molar-refractivity contribution in [3.63, 3.8) is 0 Å². The number of amides is 1. The lowest BCUT2D eigenvalue weighted by atomic mass is 10.1. The van der Waals surface area contributed by atoms with Crippen LogP contribution in [-0.4, -0.2) is 30.3 Å². The molecule has 128 valence electrons. The van der Waals surface area contributed by atoms with Crippen LogP contribution in [-0.2, 0) is 11.2 Å². The number of nitrogens with two attached hydrogens (primary N) is 1. The van der Waals surface area contributed by atoms with Gasteiger partial charge in [0.25, 0.3) is 0 Å². The normalized spacial score (nSPS) is 11.8. The molecular weight excluding hydrogens is 311 g/mol. The van der Waals surface area contributed by atoms with Crippen LogP contribution in [0, 0.1) is 5.82 Å². The number of nitrogens with one attached hydrogen (secondary N) is 1. The molecular formula is C18H21FN2O3. The van der Waals surface area contributed by atoms with Crippen LogP contribution in [0.4, 0.5) is 10.1 Å². The summed E-state index contributed by atoms with van der Waals surface area (Å²) in [5.41, 5.74) is 7.41. The van der Waals surface area contributed by atoms with Gasteiger partial charge >= 0.3 is 0 Å². The minimum Gasteiger partial charge on any atom is -0.491 e. The highest BCUT2D eigenvalue weighted by molar-refractivity contribution is 5.76. The molecule has 1 unspecified atom stereocenters. The topological polar surface area (TPSA) is 84.6 Å². The molecule has 0 aliphatic heterocycles. The lowest BCUT2D eigenvalue weighted by Gasteiger charge is -2.13. The Balaban J connectivity index is 1.65. The zero-order valence-electron chi connectivity index (χ0n) is 13.2. The number of nitrogen functional groups attached to an aromatic ring is 1. The number of halogens is 1. The van der Waals surface area contributed by atoms with Crippen LogP contribution in [0.2, 0.25) is 0 Å². The average molecular weight is 332 g/mol. The van der Waals surface area contributed by atoms with E-state index in [1.807, 2.05) is 18.2 Å². The number of hydrogen-bond acceptors (Lipinski definition) is 4. The number of ether oxygens (including phenoxy) is 1. The minimum atomic E-state index is -0.846. The molecule has 0 radical (unpaired) electrons. The SMILES string of the molecule is Nc1ccccc1CCC(=O)NCC(O)COc1ccc(F)cc1. The molecule has 24 heavy (non-hydrogen) atoms. The van der Waals surface area contributed by atoms with Crippen LogP contribution in [0.15, 0.2) is 48.5 Å². The summed E-state index contributed by atoms with van der Waals surface area (Å²) in [4.78, 5) is 11.8. The van der Waals surface area contributed by atoms with Gasteiger partial charge in [-0.15, -0.1) is 0 Å². The first-order chi connectivity index (χ1) is 11.5. The number of aryl methyl sites for hydroxylation is 1. The van der Waals surface area contributed by atoms with Crippen LogP contribution in [0.1, 0.15) is 12.0 Å². The van der Waals surface area contributed by atoms with E-state index < -0.39 is 6.10 Å². The van der Waals surface area contributed by atoms with Gasteiger partial charge in [-0.1, -0.05) is 18.2 Å². The smallest absolute Gasteiger partial charge is 0.220 e. The Morgan fingerprint density at radius 2 is 1.92 bits per heavy atom. The number of hydrogen-bond donors (Lipinski definition) is 3. The van der Waals surface area contributed by atoms with Crippen LogP contribution in [0.25, 0.3) is 0 Å². The Kier molecular flexibility index (Phi) is 6.57. The predicted molar refractivity (Wildman–Crippen MR) is 90.1 cm³/mol. The summed E-state index contributed by atoms with van der Waals surface area (Å²) in [6.07, 6.45) is -0.0127. The first-order valence-electron chi connectivity index (χ1n) is 7.71. The summed E-state index contributed by atoms with van der Waals surface area (Å²) in [5, 5.41) is 12.5. The predicted octanol–water partition coefficient (Wildman–Crippen LogP) is 1.90. The molecule has 0 bridgehead atoms. The van der Waals surface area contributed by atoms with Gasteiger partial charge in [-0.3, -0.25) is 4.79 Å². The summed E-state index contributed by atoms with van der Waals surface area (Å²) in [6, 6.07) is 12.9. The molecule has 2 aromatic carbocycles. The van der Waals surface area contributed by atoms with Crippen molar-refractivity contribution in [2.24, 2.45) is 0 Å². The molecule has 2 aromatic rings. The Hall–Kier alpha value is -2.60. The van der Waals surface area contributed by atoms with E-state index in [0.717, 1.165) is 5.56 Å². The summed E-state index contributed by atoms with van der Waals surface area (Å²) < 4.78 is 18.1. The van der Waals surface area contributed by atoms with Gasteiger partial charge in [-0.05, 0) is 42.3 Å². The highest BCUT2D eigenvalue weighted by Gasteiger charge is 2.09. The number of carbonyl (C=O) groups is 1. The Labute approximate surface area is 140 Å². The van der Waals surface area contributed by atoms with Gasteiger partial charge in [0.1, 0.15) is 24.3 Å². The summed E-state index contributed by atoms with van der Waals surface area (Å²) in [6.45, 7) is 0.0991. The lowest BCUT2D eigenvalue weighted by molar-refractivity contribution is -0.121. The van der Waals surface area contributed by atoms with Crippen molar-refractivity contribution in [3.05, 3.63) is 59.9 Å². The molecule has 1 atom stereocenters. The third-order valence-electron chi connectivity index (χ3n) is 3.47. The highest BCUT2D eigenvalue weighted by Crippen LogP contribution is 2.13. The Morgan fingerprint density at radius 1 is 1.21 bits per heavy atom. The van der Waals surface area contributed by atoms with Crippen molar-refractivity contribution in [2.75, 3.05) is 18.9 Å². The molecule has 2 rings (SSSR count). The number of aliphatic hydroxyl groups excluding tert-OH is 1. The number of carbonyl (C=O) groups excluding carboxylic acids is 1. The zero-order valence-corrected chi connectivity index (χ0v) is 13.2. The minimum absolute atomic E-state index is 0.0115. The second kappa shape index (κ2) is 8.88. The van der Waals surface area contributed by atoms with E-state index in [9.17, 15) is 14.3 Å². The van der Waals surface area contributed by atoms with E-state index in [4.69, 9.17) is 10.5 Å². The quantitative estimate of drug-likeness (QED) is 0.645. The van der Waals surface area contributed by atoms with E-state index in [-0.39, 0.29) is 24.9 Å².